The van der Waals surface area contributed by atoms with Gasteiger partial charge in [0.05, 0.1) is 40.1 Å². The fraction of sp³-hybridized carbons (Fsp3) is 0.344. The van der Waals surface area contributed by atoms with E-state index < -0.39 is 52.1 Å². The number of hydrogen-bond acceptors (Lipinski definition) is 9. The summed E-state index contributed by atoms with van der Waals surface area (Å²) >= 11 is 0. The van der Waals surface area contributed by atoms with Crippen molar-refractivity contribution in [2.24, 2.45) is 5.92 Å². The Bertz CT molecular complexity index is 1440. The summed E-state index contributed by atoms with van der Waals surface area (Å²) in [5, 5.41) is 0. The van der Waals surface area contributed by atoms with Gasteiger partial charge in [-0.05, 0) is 43.3 Å². The second-order valence-electron chi connectivity index (χ2n) is 10.2. The summed E-state index contributed by atoms with van der Waals surface area (Å²) in [5.74, 6) is -2.19. The van der Waals surface area contributed by atoms with Crippen LogP contribution in [0.4, 0.5) is 0 Å². The number of aryl methyl sites for hydroxylation is 1. The molecule has 4 rings (SSSR count). The van der Waals surface area contributed by atoms with Crippen LogP contribution < -0.4 is 0 Å². The van der Waals surface area contributed by atoms with Crippen molar-refractivity contribution in [2.45, 2.75) is 49.1 Å². The number of esters is 2. The molecule has 1 heterocycles. The van der Waals surface area contributed by atoms with Crippen LogP contribution in [0.5, 0.6) is 0 Å². The molecule has 3 aromatic rings. The van der Waals surface area contributed by atoms with E-state index in [0.717, 1.165) is 5.56 Å². The number of benzene rings is 3. The van der Waals surface area contributed by atoms with Crippen molar-refractivity contribution in [1.82, 2.24) is 0 Å². The normalized spacial score (nSPS) is 20.9. The Kier molecular flexibility index (Phi) is 10.6. The van der Waals surface area contributed by atoms with Crippen molar-refractivity contribution in [3.63, 3.8) is 0 Å². The molecule has 0 spiro atoms. The standard InChI is InChI=1S/C32H34O9S/c1-22-13-15-26(16-14-22)42(36,37)21-27-28(17-18-33)41-29(30(27)38-2)19-25(40-32(35)24-11-7-4-8-12-24)20-39-31(34)23-9-5-3-6-10-23/h3-16,18,25,27-30H,17,19-21H2,1-2H3/t25-,27-,28-,29+,30+/m0/s1. The molecule has 3 aromatic carbocycles. The van der Waals surface area contributed by atoms with Crippen molar-refractivity contribution < 1.29 is 41.7 Å². The van der Waals surface area contributed by atoms with E-state index in [1.54, 1.807) is 84.9 Å². The van der Waals surface area contributed by atoms with Crippen molar-refractivity contribution in [2.75, 3.05) is 19.5 Å². The smallest absolute Gasteiger partial charge is 0.338 e. The van der Waals surface area contributed by atoms with Crippen molar-refractivity contribution in [3.8, 4) is 0 Å². The van der Waals surface area contributed by atoms with E-state index in [1.165, 1.54) is 7.11 Å². The summed E-state index contributed by atoms with van der Waals surface area (Å²) in [7, 11) is -2.30. The van der Waals surface area contributed by atoms with Crippen LogP contribution >= 0.6 is 0 Å². The first-order valence-corrected chi connectivity index (χ1v) is 15.3. The van der Waals surface area contributed by atoms with Gasteiger partial charge in [0, 0.05) is 25.9 Å². The van der Waals surface area contributed by atoms with Crippen LogP contribution in [0, 0.1) is 12.8 Å². The summed E-state index contributed by atoms with van der Waals surface area (Å²) < 4.78 is 49.8. The van der Waals surface area contributed by atoms with Crippen LogP contribution in [-0.4, -0.2) is 70.5 Å². The average Bonchev–Trinajstić information content (AvgIpc) is 3.31. The molecule has 222 valence electrons. The van der Waals surface area contributed by atoms with E-state index in [0.29, 0.717) is 17.4 Å². The molecule has 1 aliphatic heterocycles. The SMILES string of the molecule is CO[C@@H]1[C@@H](CS(=O)(=O)c2ccc(C)cc2)[C@H](CC=O)O[C@@H]1C[C@@H](COC(=O)c1ccccc1)OC(=O)c1ccccc1. The fourth-order valence-corrected chi connectivity index (χ4v) is 6.71. The highest BCUT2D eigenvalue weighted by Crippen LogP contribution is 2.36. The fourth-order valence-electron chi connectivity index (χ4n) is 5.06. The number of methoxy groups -OCH3 is 1. The third-order valence-corrected chi connectivity index (χ3v) is 9.01. The zero-order valence-electron chi connectivity index (χ0n) is 23.5. The van der Waals surface area contributed by atoms with Gasteiger partial charge in [-0.25, -0.2) is 18.0 Å². The Morgan fingerprint density at radius 3 is 2.05 bits per heavy atom. The molecular formula is C32H34O9S. The molecule has 0 aliphatic carbocycles. The molecule has 1 saturated heterocycles. The van der Waals surface area contributed by atoms with Gasteiger partial charge in [0.25, 0.3) is 0 Å². The molecular weight excluding hydrogens is 560 g/mol. The number of aldehydes is 1. The zero-order chi connectivity index (χ0) is 30.1. The monoisotopic (exact) mass is 594 g/mol. The Morgan fingerprint density at radius 1 is 0.881 bits per heavy atom. The van der Waals surface area contributed by atoms with Crippen LogP contribution in [0.1, 0.15) is 39.1 Å². The number of carbonyl (C=O) groups is 3. The second kappa shape index (κ2) is 14.4. The highest BCUT2D eigenvalue weighted by Gasteiger charge is 2.47. The number of rotatable bonds is 13. The molecule has 1 fully saturated rings. The van der Waals surface area contributed by atoms with Crippen LogP contribution in [0.2, 0.25) is 0 Å². The molecule has 0 amide bonds. The molecule has 0 radical (unpaired) electrons. The molecule has 5 atom stereocenters. The van der Waals surface area contributed by atoms with Crippen LogP contribution in [0.15, 0.2) is 89.8 Å². The lowest BCUT2D eigenvalue weighted by atomic mass is 9.94. The van der Waals surface area contributed by atoms with Crippen molar-refractivity contribution >= 4 is 28.1 Å². The van der Waals surface area contributed by atoms with E-state index in [9.17, 15) is 22.8 Å². The van der Waals surface area contributed by atoms with Crippen molar-refractivity contribution in [3.05, 3.63) is 102 Å². The predicted octanol–water partition coefficient (Wildman–Crippen LogP) is 4.23. The van der Waals surface area contributed by atoms with E-state index in [2.05, 4.69) is 0 Å². The molecule has 10 heteroatoms. The van der Waals surface area contributed by atoms with Crippen LogP contribution in [0.25, 0.3) is 0 Å². The minimum absolute atomic E-state index is 0.0373. The number of carbonyl (C=O) groups excluding carboxylic acids is 3. The highest BCUT2D eigenvalue weighted by molar-refractivity contribution is 7.91. The minimum atomic E-state index is -3.74. The van der Waals surface area contributed by atoms with Gasteiger partial charge in [-0.1, -0.05) is 54.1 Å². The molecule has 0 saturated carbocycles. The van der Waals surface area contributed by atoms with Gasteiger partial charge in [-0.15, -0.1) is 0 Å². The number of ether oxygens (including phenoxy) is 4. The molecule has 42 heavy (non-hydrogen) atoms. The highest BCUT2D eigenvalue weighted by atomic mass is 32.2. The molecule has 9 nitrogen and oxygen atoms in total. The molecule has 0 N–H and O–H groups in total. The summed E-state index contributed by atoms with van der Waals surface area (Å²) in [6, 6.07) is 23.3. The van der Waals surface area contributed by atoms with Gasteiger partial charge >= 0.3 is 11.9 Å². The van der Waals surface area contributed by atoms with Gasteiger partial charge in [-0.3, -0.25) is 0 Å². The molecule has 0 aromatic heterocycles. The largest absolute Gasteiger partial charge is 0.458 e. The molecule has 0 unspecified atom stereocenters. The Morgan fingerprint density at radius 2 is 1.48 bits per heavy atom. The topological polar surface area (TPSA) is 122 Å². The summed E-state index contributed by atoms with van der Waals surface area (Å²) in [4.78, 5) is 37.3. The molecule has 1 aliphatic rings. The number of sulfone groups is 1. The average molecular weight is 595 g/mol. The van der Waals surface area contributed by atoms with Crippen LogP contribution in [0.3, 0.4) is 0 Å². The Hall–Kier alpha value is -3.86. The third kappa shape index (κ3) is 7.90. The van der Waals surface area contributed by atoms with Crippen LogP contribution in [-0.2, 0) is 33.6 Å². The van der Waals surface area contributed by atoms with E-state index >= 15 is 0 Å². The van der Waals surface area contributed by atoms with Gasteiger partial charge in [-0.2, -0.15) is 0 Å². The first-order valence-electron chi connectivity index (χ1n) is 13.6. The number of hydrogen-bond donors (Lipinski definition) is 0. The van der Waals surface area contributed by atoms with E-state index in [1.807, 2.05) is 6.92 Å². The van der Waals surface area contributed by atoms with Crippen molar-refractivity contribution in [1.29, 1.82) is 0 Å². The second-order valence-corrected chi connectivity index (χ2v) is 12.2. The minimum Gasteiger partial charge on any atom is -0.458 e. The third-order valence-electron chi connectivity index (χ3n) is 7.20. The lowest BCUT2D eigenvalue weighted by Crippen LogP contribution is -2.38. The summed E-state index contributed by atoms with van der Waals surface area (Å²) in [6.07, 6.45) is -2.50. The van der Waals surface area contributed by atoms with Gasteiger partial charge < -0.3 is 23.7 Å². The zero-order valence-corrected chi connectivity index (χ0v) is 24.3. The quantitative estimate of drug-likeness (QED) is 0.211. The maximum atomic E-state index is 13.3. The maximum absolute atomic E-state index is 13.3. The van der Waals surface area contributed by atoms with Gasteiger partial charge in [0.1, 0.15) is 19.0 Å². The summed E-state index contributed by atoms with van der Waals surface area (Å²) in [6.45, 7) is 1.60. The van der Waals surface area contributed by atoms with E-state index in [4.69, 9.17) is 18.9 Å². The van der Waals surface area contributed by atoms with E-state index in [-0.39, 0.29) is 30.1 Å². The predicted molar refractivity (Wildman–Crippen MR) is 154 cm³/mol. The lowest BCUT2D eigenvalue weighted by molar-refractivity contribution is -0.111. The van der Waals surface area contributed by atoms with Gasteiger partial charge in [0.2, 0.25) is 0 Å². The first kappa shape index (κ1) is 31.1. The molecule has 0 bridgehead atoms. The Balaban J connectivity index is 1.54. The van der Waals surface area contributed by atoms with Gasteiger partial charge in [0.15, 0.2) is 9.84 Å². The first-order chi connectivity index (χ1) is 20.2. The summed E-state index contributed by atoms with van der Waals surface area (Å²) in [5.41, 5.74) is 1.58. The maximum Gasteiger partial charge on any atom is 0.338 e. The Labute approximate surface area is 245 Å². The lowest BCUT2D eigenvalue weighted by Gasteiger charge is -2.25.